The molecule has 9 heteroatoms. The lowest BCUT2D eigenvalue weighted by Gasteiger charge is -2.29. The van der Waals surface area contributed by atoms with E-state index in [2.05, 4.69) is 61.5 Å². The van der Waals surface area contributed by atoms with E-state index in [9.17, 15) is 4.21 Å². The number of likely N-dealkylation sites (tertiary alicyclic amines) is 1. The van der Waals surface area contributed by atoms with Crippen molar-refractivity contribution in [2.75, 3.05) is 38.0 Å². The van der Waals surface area contributed by atoms with Gasteiger partial charge in [-0.3, -0.25) is 4.57 Å². The van der Waals surface area contributed by atoms with Gasteiger partial charge in [0.2, 0.25) is 5.95 Å². The van der Waals surface area contributed by atoms with E-state index in [0.29, 0.717) is 23.6 Å². The number of rotatable bonds is 6. The molecule has 1 aliphatic carbocycles. The number of pyridine rings is 1. The van der Waals surface area contributed by atoms with Gasteiger partial charge in [-0.15, -0.1) is 0 Å². The molecule has 0 atom stereocenters. The summed E-state index contributed by atoms with van der Waals surface area (Å²) in [5.41, 5.74) is 4.36. The van der Waals surface area contributed by atoms with Crippen LogP contribution < -0.4 is 5.32 Å². The molecule has 0 amide bonds. The summed E-state index contributed by atoms with van der Waals surface area (Å²) in [7, 11) is -0.113. The van der Waals surface area contributed by atoms with E-state index in [-0.39, 0.29) is 0 Å². The molecule has 1 N–H and O–H groups in total. The second-order valence-corrected chi connectivity index (χ2v) is 13.1. The van der Waals surface area contributed by atoms with Crippen LogP contribution in [0.15, 0.2) is 59.1 Å². The SMILES string of the molecule is CN1CCC(c2ccc(Nc3ncc4cc(C5CC5)n(-c5cccc(N=S(C)(C)=O)n5)c4n3)cc2)CC1. The van der Waals surface area contributed by atoms with Crippen molar-refractivity contribution in [2.24, 2.45) is 4.36 Å². The topological polar surface area (TPSA) is 88.3 Å². The third-order valence-electron chi connectivity index (χ3n) is 7.18. The molecule has 0 spiro atoms. The number of aromatic nitrogens is 4. The fraction of sp³-hybridized carbons (Fsp3) is 0.393. The first-order chi connectivity index (χ1) is 17.8. The molecule has 2 aliphatic rings. The van der Waals surface area contributed by atoms with Crippen LogP contribution in [0.1, 0.15) is 48.8 Å². The van der Waals surface area contributed by atoms with Gasteiger partial charge < -0.3 is 10.2 Å². The molecule has 2 fully saturated rings. The van der Waals surface area contributed by atoms with Crippen LogP contribution >= 0.6 is 0 Å². The number of fused-ring (bicyclic) bond motifs is 1. The summed E-state index contributed by atoms with van der Waals surface area (Å²) in [6.45, 7) is 2.31. The quantitative estimate of drug-likeness (QED) is 0.359. The standard InChI is InChI=1S/C28H33N7OS/c1-34-15-13-20(14-16-34)19-9-11-23(12-10-19)30-28-29-18-22-17-24(21-7-8-21)35(27(22)32-28)26-6-4-5-25(31-26)33-37(2,3)36/h4-6,9-12,17-18,20-21H,7-8,13-16H2,1-3H3,(H,29,30,32). The first kappa shape index (κ1) is 24.1. The molecule has 1 aliphatic heterocycles. The Labute approximate surface area is 218 Å². The highest BCUT2D eigenvalue weighted by molar-refractivity contribution is 7.92. The number of anilines is 2. The van der Waals surface area contributed by atoms with E-state index < -0.39 is 9.73 Å². The van der Waals surface area contributed by atoms with Crippen molar-refractivity contribution in [3.05, 3.63) is 66.0 Å². The Hall–Kier alpha value is -3.30. The van der Waals surface area contributed by atoms with Gasteiger partial charge >= 0.3 is 0 Å². The van der Waals surface area contributed by atoms with Crippen LogP contribution in [0.5, 0.6) is 0 Å². The number of benzene rings is 1. The molecule has 1 aromatic carbocycles. The number of hydrogen-bond acceptors (Lipinski definition) is 7. The minimum Gasteiger partial charge on any atom is -0.324 e. The number of nitrogens with one attached hydrogen (secondary N) is 1. The van der Waals surface area contributed by atoms with Gasteiger partial charge in [-0.2, -0.15) is 9.35 Å². The maximum Gasteiger partial charge on any atom is 0.229 e. The largest absolute Gasteiger partial charge is 0.324 e. The zero-order chi connectivity index (χ0) is 25.6. The summed E-state index contributed by atoms with van der Waals surface area (Å²) >= 11 is 0. The monoisotopic (exact) mass is 515 g/mol. The van der Waals surface area contributed by atoms with E-state index >= 15 is 0 Å². The van der Waals surface area contributed by atoms with Crippen molar-refractivity contribution in [1.82, 2.24) is 24.4 Å². The molecule has 0 bridgehead atoms. The van der Waals surface area contributed by atoms with Crippen molar-refractivity contribution in [1.29, 1.82) is 0 Å². The zero-order valence-electron chi connectivity index (χ0n) is 21.6. The van der Waals surface area contributed by atoms with E-state index in [4.69, 9.17) is 9.97 Å². The molecule has 6 rings (SSSR count). The minimum atomic E-state index is -2.31. The Morgan fingerprint density at radius 3 is 2.43 bits per heavy atom. The van der Waals surface area contributed by atoms with Crippen molar-refractivity contribution < 1.29 is 4.21 Å². The molecule has 0 radical (unpaired) electrons. The smallest absolute Gasteiger partial charge is 0.229 e. The fourth-order valence-corrected chi connectivity index (χ4v) is 5.66. The third-order valence-corrected chi connectivity index (χ3v) is 7.81. The van der Waals surface area contributed by atoms with Crippen LogP contribution in [0, 0.1) is 0 Å². The van der Waals surface area contributed by atoms with Gasteiger partial charge in [0.1, 0.15) is 5.82 Å². The van der Waals surface area contributed by atoms with Crippen LogP contribution in [0.3, 0.4) is 0 Å². The highest BCUT2D eigenvalue weighted by atomic mass is 32.2. The Bertz CT molecular complexity index is 1550. The molecular weight excluding hydrogens is 482 g/mol. The molecule has 1 saturated heterocycles. The van der Waals surface area contributed by atoms with E-state index in [1.807, 2.05) is 18.3 Å². The maximum absolute atomic E-state index is 12.2. The van der Waals surface area contributed by atoms with E-state index in [0.717, 1.165) is 48.5 Å². The molecule has 192 valence electrons. The summed E-state index contributed by atoms with van der Waals surface area (Å²) in [5.74, 6) is 2.86. The van der Waals surface area contributed by atoms with Crippen molar-refractivity contribution in [2.45, 2.75) is 37.5 Å². The second-order valence-electron chi connectivity index (χ2n) is 10.6. The summed E-state index contributed by atoms with van der Waals surface area (Å²) in [6.07, 6.45) is 9.83. The number of nitrogens with zero attached hydrogens (tertiary/aromatic N) is 6. The Kier molecular flexibility index (Phi) is 6.20. The van der Waals surface area contributed by atoms with Gasteiger partial charge in [-0.05, 0) is 93.6 Å². The predicted octanol–water partition coefficient (Wildman–Crippen LogP) is 5.60. The van der Waals surface area contributed by atoms with Gasteiger partial charge in [0.15, 0.2) is 11.5 Å². The van der Waals surface area contributed by atoms with Crippen molar-refractivity contribution >= 4 is 38.2 Å². The molecule has 1 saturated carbocycles. The van der Waals surface area contributed by atoms with Gasteiger partial charge in [-0.25, -0.2) is 14.2 Å². The molecule has 0 unspecified atom stereocenters. The second kappa shape index (κ2) is 9.54. The van der Waals surface area contributed by atoms with Crippen molar-refractivity contribution in [3.63, 3.8) is 0 Å². The molecule has 37 heavy (non-hydrogen) atoms. The van der Waals surface area contributed by atoms with Gasteiger partial charge in [0, 0.05) is 45.2 Å². The molecular formula is C28H33N7OS. The average Bonchev–Trinajstić information content (AvgIpc) is 3.64. The number of piperidine rings is 1. The van der Waals surface area contributed by atoms with Crippen LogP contribution in [0.2, 0.25) is 0 Å². The van der Waals surface area contributed by atoms with Crippen LogP contribution in [-0.4, -0.2) is 61.3 Å². The average molecular weight is 516 g/mol. The molecule has 3 aromatic heterocycles. The first-order valence-corrected chi connectivity index (χ1v) is 15.2. The highest BCUT2D eigenvalue weighted by Gasteiger charge is 2.29. The van der Waals surface area contributed by atoms with Crippen LogP contribution in [-0.2, 0) is 9.73 Å². The fourth-order valence-electron chi connectivity index (χ4n) is 5.11. The van der Waals surface area contributed by atoms with Gasteiger partial charge in [0.25, 0.3) is 0 Å². The van der Waals surface area contributed by atoms with E-state index in [1.54, 1.807) is 18.6 Å². The van der Waals surface area contributed by atoms with Crippen molar-refractivity contribution in [3.8, 4) is 5.82 Å². The van der Waals surface area contributed by atoms with Crippen LogP contribution in [0.25, 0.3) is 16.9 Å². The Morgan fingerprint density at radius 1 is 0.973 bits per heavy atom. The lowest BCUT2D eigenvalue weighted by atomic mass is 9.89. The Morgan fingerprint density at radius 2 is 1.73 bits per heavy atom. The molecule has 4 aromatic rings. The first-order valence-electron chi connectivity index (χ1n) is 12.9. The maximum atomic E-state index is 12.2. The summed E-state index contributed by atoms with van der Waals surface area (Å²) in [4.78, 5) is 16.6. The Balaban J connectivity index is 1.32. The third kappa shape index (κ3) is 5.38. The summed E-state index contributed by atoms with van der Waals surface area (Å²) < 4.78 is 18.7. The molecule has 8 nitrogen and oxygen atoms in total. The predicted molar refractivity (Wildman–Crippen MR) is 150 cm³/mol. The molecule has 4 heterocycles. The van der Waals surface area contributed by atoms with E-state index in [1.165, 1.54) is 24.1 Å². The summed E-state index contributed by atoms with van der Waals surface area (Å²) in [5, 5.41) is 4.36. The summed E-state index contributed by atoms with van der Waals surface area (Å²) in [6, 6.07) is 16.5. The lowest BCUT2D eigenvalue weighted by molar-refractivity contribution is 0.255. The van der Waals surface area contributed by atoms with Crippen LogP contribution in [0.4, 0.5) is 17.5 Å². The van der Waals surface area contributed by atoms with Gasteiger partial charge in [0.05, 0.1) is 0 Å². The number of hydrogen-bond donors (Lipinski definition) is 1. The zero-order valence-corrected chi connectivity index (χ0v) is 22.4. The van der Waals surface area contributed by atoms with Gasteiger partial charge in [-0.1, -0.05) is 18.2 Å². The lowest BCUT2D eigenvalue weighted by Crippen LogP contribution is -2.29. The normalized spacial score (nSPS) is 17.3. The minimum absolute atomic E-state index is 0.466. The highest BCUT2D eigenvalue weighted by Crippen LogP contribution is 2.43.